The molecule has 3 N–H and O–H groups in total. The quantitative estimate of drug-likeness (QED) is 0.329. The minimum atomic E-state index is -0.879. The smallest absolute Gasteiger partial charge is 0.304 e. The molecule has 0 saturated heterocycles. The van der Waals surface area contributed by atoms with E-state index in [0.29, 0.717) is 18.9 Å². The fourth-order valence-electron chi connectivity index (χ4n) is 3.14. The number of hydrogen-bond donors (Lipinski definition) is 3. The number of carbonyl (C=O) groups is 1. The van der Waals surface area contributed by atoms with E-state index in [0.717, 1.165) is 28.1 Å². The molecule has 0 radical (unpaired) electrons. The number of nitrogens with one attached hydrogen (secondary N) is 2. The third kappa shape index (κ3) is 6.41. The molecule has 7 nitrogen and oxygen atoms in total. The first-order valence-corrected chi connectivity index (χ1v) is 10.1. The van der Waals surface area contributed by atoms with Gasteiger partial charge in [0.25, 0.3) is 0 Å². The van der Waals surface area contributed by atoms with E-state index in [-0.39, 0.29) is 12.3 Å². The van der Waals surface area contributed by atoms with Crippen LogP contribution in [0.3, 0.4) is 0 Å². The summed E-state index contributed by atoms with van der Waals surface area (Å²) >= 11 is 0. The van der Waals surface area contributed by atoms with E-state index in [1.807, 2.05) is 48.5 Å². The summed E-state index contributed by atoms with van der Waals surface area (Å²) in [6.45, 7) is 2.58. The van der Waals surface area contributed by atoms with Gasteiger partial charge in [-0.25, -0.2) is 9.97 Å². The second kappa shape index (κ2) is 11.3. The maximum atomic E-state index is 11.1. The van der Waals surface area contributed by atoms with E-state index < -0.39 is 5.97 Å². The SMILES string of the molecule is CC#CC(CC(=O)O)c1ccc(OCc2ccc(C=N)c(NCc3ccncn3)c2)cc1. The van der Waals surface area contributed by atoms with Crippen molar-refractivity contribution in [3.05, 3.63) is 83.4 Å². The van der Waals surface area contributed by atoms with Crippen molar-refractivity contribution < 1.29 is 14.6 Å². The van der Waals surface area contributed by atoms with Crippen LogP contribution in [0.1, 0.15) is 41.6 Å². The van der Waals surface area contributed by atoms with Gasteiger partial charge in [0.2, 0.25) is 0 Å². The van der Waals surface area contributed by atoms with Crippen LogP contribution in [0.5, 0.6) is 5.75 Å². The standard InChI is InChI=1S/C25H24N4O3/c1-2-3-20(13-25(30)31)19-6-8-23(9-7-19)32-16-18-4-5-21(14-26)24(12-18)28-15-22-10-11-27-17-29-22/h4-12,14,17,20,26,28H,13,15-16H2,1H3,(H,30,31). The van der Waals surface area contributed by atoms with Gasteiger partial charge in [-0.15, -0.1) is 5.92 Å². The monoisotopic (exact) mass is 428 g/mol. The third-order valence-electron chi connectivity index (χ3n) is 4.76. The summed E-state index contributed by atoms with van der Waals surface area (Å²) in [4.78, 5) is 19.2. The number of aliphatic carboxylic acids is 1. The molecule has 162 valence electrons. The molecule has 1 heterocycles. The lowest BCUT2D eigenvalue weighted by atomic mass is 9.96. The maximum Gasteiger partial charge on any atom is 0.304 e. The Hall–Kier alpha value is -4.18. The topological polar surface area (TPSA) is 108 Å². The number of aromatic nitrogens is 2. The van der Waals surface area contributed by atoms with Crippen LogP contribution in [0, 0.1) is 17.3 Å². The summed E-state index contributed by atoms with van der Waals surface area (Å²) in [5, 5.41) is 20.0. The third-order valence-corrected chi connectivity index (χ3v) is 4.76. The average Bonchev–Trinajstić information content (AvgIpc) is 2.82. The molecule has 3 rings (SSSR count). The Morgan fingerprint density at radius 3 is 2.72 bits per heavy atom. The number of benzene rings is 2. The highest BCUT2D eigenvalue weighted by Gasteiger charge is 2.13. The molecule has 1 atom stereocenters. The van der Waals surface area contributed by atoms with Crippen molar-refractivity contribution >= 4 is 17.9 Å². The summed E-state index contributed by atoms with van der Waals surface area (Å²) in [6.07, 6.45) is 4.46. The Morgan fingerprint density at radius 2 is 2.06 bits per heavy atom. The van der Waals surface area contributed by atoms with Crippen LogP contribution in [0.15, 0.2) is 61.1 Å². The molecule has 1 unspecified atom stereocenters. The number of nitrogens with zero attached hydrogens (tertiary/aromatic N) is 2. The Morgan fingerprint density at radius 1 is 1.25 bits per heavy atom. The number of carboxylic acids is 1. The van der Waals surface area contributed by atoms with Crippen molar-refractivity contribution in [1.29, 1.82) is 5.41 Å². The molecule has 0 bridgehead atoms. The van der Waals surface area contributed by atoms with Crippen molar-refractivity contribution in [2.45, 2.75) is 32.4 Å². The zero-order chi connectivity index (χ0) is 22.8. The van der Waals surface area contributed by atoms with E-state index in [1.54, 1.807) is 13.1 Å². The fraction of sp³-hybridized carbons (Fsp3) is 0.200. The van der Waals surface area contributed by atoms with Crippen molar-refractivity contribution in [3.8, 4) is 17.6 Å². The van der Waals surface area contributed by atoms with Crippen LogP contribution < -0.4 is 10.1 Å². The van der Waals surface area contributed by atoms with Crippen LogP contribution in [0.2, 0.25) is 0 Å². The van der Waals surface area contributed by atoms with Crippen LogP contribution in [-0.2, 0) is 17.9 Å². The van der Waals surface area contributed by atoms with Gasteiger partial charge < -0.3 is 20.6 Å². The molecule has 0 aliphatic heterocycles. The molecule has 32 heavy (non-hydrogen) atoms. The molecule has 0 amide bonds. The first-order valence-electron chi connectivity index (χ1n) is 10.1. The number of anilines is 1. The van der Waals surface area contributed by atoms with Crippen LogP contribution in [0.25, 0.3) is 0 Å². The van der Waals surface area contributed by atoms with E-state index in [2.05, 4.69) is 27.1 Å². The van der Waals surface area contributed by atoms with E-state index in [9.17, 15) is 4.79 Å². The maximum absolute atomic E-state index is 11.1. The molecule has 0 aliphatic rings. The highest BCUT2D eigenvalue weighted by molar-refractivity contribution is 5.86. The molecular weight excluding hydrogens is 404 g/mol. The van der Waals surface area contributed by atoms with Gasteiger partial charge in [-0.1, -0.05) is 30.2 Å². The van der Waals surface area contributed by atoms with Crippen molar-refractivity contribution in [3.63, 3.8) is 0 Å². The summed E-state index contributed by atoms with van der Waals surface area (Å²) in [7, 11) is 0. The van der Waals surface area contributed by atoms with Gasteiger partial charge in [0.15, 0.2) is 0 Å². The van der Waals surface area contributed by atoms with Gasteiger partial charge >= 0.3 is 5.97 Å². The minimum absolute atomic E-state index is 0.0365. The molecule has 0 aliphatic carbocycles. The molecule has 7 heteroatoms. The van der Waals surface area contributed by atoms with Gasteiger partial charge in [0, 0.05) is 23.7 Å². The number of carboxylic acid groups (broad SMARTS) is 1. The van der Waals surface area contributed by atoms with Gasteiger partial charge in [-0.05, 0) is 42.3 Å². The lowest BCUT2D eigenvalue weighted by Crippen LogP contribution is -2.06. The molecular formula is C25H24N4O3. The summed E-state index contributed by atoms with van der Waals surface area (Å²) in [6, 6.07) is 14.9. The van der Waals surface area contributed by atoms with Gasteiger partial charge in [-0.2, -0.15) is 0 Å². The Bertz CT molecular complexity index is 1120. The highest BCUT2D eigenvalue weighted by Crippen LogP contribution is 2.23. The van der Waals surface area contributed by atoms with Crippen LogP contribution in [-0.4, -0.2) is 27.3 Å². The second-order valence-electron chi connectivity index (χ2n) is 7.02. The predicted octanol–water partition coefficient (Wildman–Crippen LogP) is 4.25. The van der Waals surface area contributed by atoms with Crippen LogP contribution >= 0.6 is 0 Å². The fourth-order valence-corrected chi connectivity index (χ4v) is 3.14. The van der Waals surface area contributed by atoms with E-state index in [1.165, 1.54) is 12.5 Å². The minimum Gasteiger partial charge on any atom is -0.489 e. The van der Waals surface area contributed by atoms with Crippen molar-refractivity contribution in [2.24, 2.45) is 0 Å². The van der Waals surface area contributed by atoms with Gasteiger partial charge in [0.1, 0.15) is 18.7 Å². The second-order valence-corrected chi connectivity index (χ2v) is 7.02. The highest BCUT2D eigenvalue weighted by atomic mass is 16.5. The Balaban J connectivity index is 1.65. The van der Waals surface area contributed by atoms with E-state index in [4.69, 9.17) is 15.3 Å². The first kappa shape index (κ1) is 22.5. The molecule has 2 aromatic carbocycles. The van der Waals surface area contributed by atoms with E-state index >= 15 is 0 Å². The van der Waals surface area contributed by atoms with Crippen molar-refractivity contribution in [1.82, 2.24) is 9.97 Å². The Kier molecular flexibility index (Phi) is 7.93. The van der Waals surface area contributed by atoms with Gasteiger partial charge in [-0.3, -0.25) is 4.79 Å². The average molecular weight is 428 g/mol. The lowest BCUT2D eigenvalue weighted by Gasteiger charge is -2.13. The molecule has 1 aromatic heterocycles. The van der Waals surface area contributed by atoms with Gasteiger partial charge in [0.05, 0.1) is 24.6 Å². The number of hydrogen-bond acceptors (Lipinski definition) is 6. The zero-order valence-corrected chi connectivity index (χ0v) is 17.7. The summed E-state index contributed by atoms with van der Waals surface area (Å²) in [5.74, 6) is 5.19. The molecule has 0 fully saturated rings. The number of ether oxygens (including phenoxy) is 1. The normalized spacial score (nSPS) is 11.0. The lowest BCUT2D eigenvalue weighted by molar-refractivity contribution is -0.137. The van der Waals surface area contributed by atoms with Crippen molar-refractivity contribution in [2.75, 3.05) is 5.32 Å². The first-order chi connectivity index (χ1) is 15.6. The largest absolute Gasteiger partial charge is 0.489 e. The summed E-state index contributed by atoms with van der Waals surface area (Å²) < 4.78 is 5.90. The molecule has 3 aromatic rings. The Labute approximate surface area is 187 Å². The number of rotatable bonds is 10. The zero-order valence-electron chi connectivity index (χ0n) is 17.7. The molecule has 0 spiro atoms. The van der Waals surface area contributed by atoms with Crippen LogP contribution in [0.4, 0.5) is 5.69 Å². The molecule has 0 saturated carbocycles. The predicted molar refractivity (Wildman–Crippen MR) is 123 cm³/mol. The summed E-state index contributed by atoms with van der Waals surface area (Å²) in [5.41, 5.74) is 4.25.